The lowest BCUT2D eigenvalue weighted by molar-refractivity contribution is -0.118. The maximum atomic E-state index is 13.3. The molecule has 4 rings (SSSR count). The quantitative estimate of drug-likeness (QED) is 0.499. The van der Waals surface area contributed by atoms with Crippen LogP contribution in [0.3, 0.4) is 0 Å². The fourth-order valence-corrected chi connectivity index (χ4v) is 4.19. The molecule has 3 aromatic carbocycles. The van der Waals surface area contributed by atoms with Crippen LogP contribution in [-0.2, 0) is 16.0 Å². The number of aryl methyl sites for hydroxylation is 1. The van der Waals surface area contributed by atoms with Crippen molar-refractivity contribution in [2.45, 2.75) is 38.6 Å². The number of hydrogen-bond donors (Lipinski definition) is 2. The average Bonchev–Trinajstić information content (AvgIpc) is 3.09. The van der Waals surface area contributed by atoms with Gasteiger partial charge in [-0.3, -0.25) is 14.5 Å². The maximum absolute atomic E-state index is 13.3. The number of carbonyl (C=O) groups excluding carboxylic acids is 2. The van der Waals surface area contributed by atoms with Crippen LogP contribution in [0.5, 0.6) is 5.75 Å². The summed E-state index contributed by atoms with van der Waals surface area (Å²) >= 11 is 0. The topological polar surface area (TPSA) is 77.8 Å². The number of phenols is 1. The number of carbonyl (C=O) groups is 2. The summed E-state index contributed by atoms with van der Waals surface area (Å²) in [7, 11) is 0. The zero-order chi connectivity index (χ0) is 23.5. The van der Waals surface area contributed by atoms with Gasteiger partial charge in [-0.1, -0.05) is 68.4 Å². The molecule has 1 atom stereocenters. The number of anilines is 1. The van der Waals surface area contributed by atoms with E-state index < -0.39 is 17.7 Å². The standard InChI is InChI=1S/C28H27NO4/c1-18(2)20-9-13-22(14-10-20)29-26(21-11-15-23(30)16-12-21)25(27(32)28(29)33)24(31)17-8-19-6-4-3-5-7-19/h3-7,9-16,18,26,30,32H,8,17H2,1-2H3. The number of rotatable bonds is 7. The summed E-state index contributed by atoms with van der Waals surface area (Å²) in [6.07, 6.45) is 0.682. The number of benzene rings is 3. The lowest BCUT2D eigenvalue weighted by Crippen LogP contribution is -2.31. The SMILES string of the molecule is CC(C)c1ccc(N2C(=O)C(O)=C(C(=O)CCc3ccccc3)C2c2ccc(O)cc2)cc1. The highest BCUT2D eigenvalue weighted by Gasteiger charge is 2.44. The van der Waals surface area contributed by atoms with Crippen molar-refractivity contribution in [2.75, 3.05) is 4.90 Å². The zero-order valence-electron chi connectivity index (χ0n) is 18.7. The molecule has 0 bridgehead atoms. The Kier molecular flexibility index (Phi) is 6.31. The summed E-state index contributed by atoms with van der Waals surface area (Å²) in [5, 5.41) is 20.5. The highest BCUT2D eigenvalue weighted by Crippen LogP contribution is 2.42. The molecule has 0 radical (unpaired) electrons. The van der Waals surface area contributed by atoms with Gasteiger partial charge in [0, 0.05) is 12.1 Å². The Morgan fingerprint density at radius 2 is 1.55 bits per heavy atom. The Morgan fingerprint density at radius 1 is 0.909 bits per heavy atom. The van der Waals surface area contributed by atoms with Crippen LogP contribution in [0.25, 0.3) is 0 Å². The van der Waals surface area contributed by atoms with E-state index in [1.54, 1.807) is 12.1 Å². The van der Waals surface area contributed by atoms with E-state index >= 15 is 0 Å². The van der Waals surface area contributed by atoms with Crippen molar-refractivity contribution in [3.05, 3.63) is 107 Å². The van der Waals surface area contributed by atoms with E-state index in [0.29, 0.717) is 23.6 Å². The zero-order valence-corrected chi connectivity index (χ0v) is 18.7. The van der Waals surface area contributed by atoms with Crippen molar-refractivity contribution >= 4 is 17.4 Å². The number of phenolic OH excluding ortho intramolecular Hbond substituents is 1. The van der Waals surface area contributed by atoms with Gasteiger partial charge in [0.05, 0.1) is 11.6 Å². The summed E-state index contributed by atoms with van der Waals surface area (Å²) in [6, 6.07) is 22.8. The fourth-order valence-electron chi connectivity index (χ4n) is 4.19. The third kappa shape index (κ3) is 4.53. The van der Waals surface area contributed by atoms with E-state index in [-0.39, 0.29) is 23.5 Å². The van der Waals surface area contributed by atoms with Gasteiger partial charge in [-0.15, -0.1) is 0 Å². The van der Waals surface area contributed by atoms with Crippen LogP contribution in [0.4, 0.5) is 5.69 Å². The third-order valence-electron chi connectivity index (χ3n) is 6.04. The first-order chi connectivity index (χ1) is 15.9. The molecule has 1 unspecified atom stereocenters. The second-order valence-corrected chi connectivity index (χ2v) is 8.59. The monoisotopic (exact) mass is 441 g/mol. The molecule has 0 aromatic heterocycles. The number of amides is 1. The van der Waals surface area contributed by atoms with Crippen LogP contribution in [-0.4, -0.2) is 21.9 Å². The van der Waals surface area contributed by atoms with Crippen LogP contribution < -0.4 is 4.90 Å². The molecule has 1 aliphatic rings. The van der Waals surface area contributed by atoms with Crippen molar-refractivity contribution in [2.24, 2.45) is 0 Å². The Balaban J connectivity index is 1.71. The Labute approximate surface area is 193 Å². The van der Waals surface area contributed by atoms with Gasteiger partial charge < -0.3 is 10.2 Å². The Bertz CT molecular complexity index is 1180. The molecule has 0 spiro atoms. The van der Waals surface area contributed by atoms with Gasteiger partial charge in [0.15, 0.2) is 11.5 Å². The van der Waals surface area contributed by atoms with Crippen molar-refractivity contribution in [1.29, 1.82) is 0 Å². The first kappa shape index (κ1) is 22.3. The van der Waals surface area contributed by atoms with E-state index in [0.717, 1.165) is 11.1 Å². The van der Waals surface area contributed by atoms with Gasteiger partial charge in [-0.25, -0.2) is 0 Å². The lowest BCUT2D eigenvalue weighted by atomic mass is 9.93. The van der Waals surface area contributed by atoms with Gasteiger partial charge in [0.2, 0.25) is 0 Å². The van der Waals surface area contributed by atoms with Crippen molar-refractivity contribution in [3.63, 3.8) is 0 Å². The Hall–Kier alpha value is -3.86. The van der Waals surface area contributed by atoms with E-state index in [1.807, 2.05) is 54.6 Å². The summed E-state index contributed by atoms with van der Waals surface area (Å²) < 4.78 is 0. The number of aromatic hydroxyl groups is 1. The fraction of sp³-hybridized carbons (Fsp3) is 0.214. The number of aliphatic hydroxyl groups excluding tert-OH is 1. The highest BCUT2D eigenvalue weighted by molar-refractivity contribution is 6.16. The molecular formula is C28H27NO4. The highest BCUT2D eigenvalue weighted by atomic mass is 16.3. The van der Waals surface area contributed by atoms with Gasteiger partial charge in [0.1, 0.15) is 5.75 Å². The van der Waals surface area contributed by atoms with Gasteiger partial charge in [0.25, 0.3) is 5.91 Å². The molecule has 0 fully saturated rings. The summed E-state index contributed by atoms with van der Waals surface area (Å²) in [5.74, 6) is -0.972. The predicted octanol–water partition coefficient (Wildman–Crippen LogP) is 5.62. The van der Waals surface area contributed by atoms with Crippen LogP contribution in [0.15, 0.2) is 90.2 Å². The lowest BCUT2D eigenvalue weighted by Gasteiger charge is -2.27. The second-order valence-electron chi connectivity index (χ2n) is 8.59. The number of hydrogen-bond acceptors (Lipinski definition) is 4. The smallest absolute Gasteiger partial charge is 0.294 e. The average molecular weight is 442 g/mol. The Morgan fingerprint density at radius 3 is 2.15 bits per heavy atom. The van der Waals surface area contributed by atoms with E-state index in [1.165, 1.54) is 17.0 Å². The molecule has 33 heavy (non-hydrogen) atoms. The molecule has 3 aromatic rings. The molecule has 1 amide bonds. The van der Waals surface area contributed by atoms with Gasteiger partial charge in [-0.2, -0.15) is 0 Å². The first-order valence-electron chi connectivity index (χ1n) is 11.1. The largest absolute Gasteiger partial charge is 0.508 e. The minimum Gasteiger partial charge on any atom is -0.508 e. The first-order valence-corrected chi connectivity index (χ1v) is 11.1. The third-order valence-corrected chi connectivity index (χ3v) is 6.04. The minimum atomic E-state index is -0.772. The molecule has 0 saturated carbocycles. The predicted molar refractivity (Wildman–Crippen MR) is 128 cm³/mol. The second kappa shape index (κ2) is 9.33. The minimum absolute atomic E-state index is 0.0843. The molecule has 5 heteroatoms. The van der Waals surface area contributed by atoms with E-state index in [2.05, 4.69) is 13.8 Å². The van der Waals surface area contributed by atoms with Gasteiger partial charge >= 0.3 is 0 Å². The molecule has 1 aliphatic heterocycles. The molecular weight excluding hydrogens is 414 g/mol. The summed E-state index contributed by atoms with van der Waals surface area (Å²) in [4.78, 5) is 27.9. The van der Waals surface area contributed by atoms with Crippen molar-refractivity contribution in [1.82, 2.24) is 0 Å². The normalized spacial score (nSPS) is 16.0. The molecule has 5 nitrogen and oxygen atoms in total. The molecule has 1 heterocycles. The molecule has 168 valence electrons. The van der Waals surface area contributed by atoms with E-state index in [9.17, 15) is 19.8 Å². The van der Waals surface area contributed by atoms with Gasteiger partial charge in [-0.05, 0) is 53.3 Å². The number of aliphatic hydroxyl groups is 1. The number of nitrogens with zero attached hydrogens (tertiary/aromatic N) is 1. The van der Waals surface area contributed by atoms with Crippen LogP contribution >= 0.6 is 0 Å². The summed E-state index contributed by atoms with van der Waals surface area (Å²) in [5.41, 5.74) is 3.47. The van der Waals surface area contributed by atoms with E-state index in [4.69, 9.17) is 0 Å². The molecule has 0 aliphatic carbocycles. The van der Waals surface area contributed by atoms with Crippen LogP contribution in [0.1, 0.15) is 48.9 Å². The molecule has 2 N–H and O–H groups in total. The van der Waals surface area contributed by atoms with Crippen LogP contribution in [0.2, 0.25) is 0 Å². The maximum Gasteiger partial charge on any atom is 0.294 e. The van der Waals surface area contributed by atoms with Crippen molar-refractivity contribution in [3.8, 4) is 5.75 Å². The number of ketones is 1. The summed E-state index contributed by atoms with van der Waals surface area (Å²) in [6.45, 7) is 4.18. The van der Waals surface area contributed by atoms with Crippen molar-refractivity contribution < 1.29 is 19.8 Å². The molecule has 0 saturated heterocycles. The number of Topliss-reactive ketones (excluding diaryl/α,β-unsaturated/α-hetero) is 1. The van der Waals surface area contributed by atoms with Crippen LogP contribution in [0, 0.1) is 0 Å².